The molecule has 1 aliphatic carbocycles. The first-order valence-corrected chi connectivity index (χ1v) is 10.7. The van der Waals surface area contributed by atoms with Crippen LogP contribution in [0.5, 0.6) is 0 Å². The zero-order chi connectivity index (χ0) is 23.3. The number of hydrogen-bond donors (Lipinski definition) is 0. The van der Waals surface area contributed by atoms with Crippen molar-refractivity contribution in [2.24, 2.45) is 11.8 Å². The third kappa shape index (κ3) is 4.06. The van der Waals surface area contributed by atoms with Gasteiger partial charge in [0.2, 0.25) is 0 Å². The lowest BCUT2D eigenvalue weighted by Gasteiger charge is -2.31. The van der Waals surface area contributed by atoms with Crippen LogP contribution in [0.3, 0.4) is 0 Å². The second-order valence-electron chi connectivity index (χ2n) is 8.70. The van der Waals surface area contributed by atoms with Gasteiger partial charge in [-0.2, -0.15) is 18.3 Å². The Bertz CT molecular complexity index is 1220. The standard InChI is InChI=1S/C21H21F5N6O/c22-18(23)10-32-19-16(7-29-32)28-11-31(20(19)33)15-2-1-12-8-30(9-13(12)5-15)14-3-4-27-17(6-14)21(24,25)26/h3-4,6-7,11-13,15,18H,1-2,5,8-10H2. The number of fused-ring (bicyclic) bond motifs is 2. The van der Waals surface area contributed by atoms with Crippen molar-refractivity contribution in [1.82, 2.24) is 24.3 Å². The van der Waals surface area contributed by atoms with Crippen molar-refractivity contribution >= 4 is 16.7 Å². The molecule has 12 heteroatoms. The van der Waals surface area contributed by atoms with Crippen molar-refractivity contribution in [3.63, 3.8) is 0 Å². The molecule has 0 aromatic carbocycles. The predicted molar refractivity (Wildman–Crippen MR) is 109 cm³/mol. The van der Waals surface area contributed by atoms with Gasteiger partial charge in [0.05, 0.1) is 12.5 Å². The molecule has 2 aliphatic rings. The Kier molecular flexibility index (Phi) is 5.32. The number of anilines is 1. The van der Waals surface area contributed by atoms with E-state index in [9.17, 15) is 26.7 Å². The van der Waals surface area contributed by atoms with Crippen molar-refractivity contribution in [2.75, 3.05) is 18.0 Å². The summed E-state index contributed by atoms with van der Waals surface area (Å²) < 4.78 is 67.4. The van der Waals surface area contributed by atoms with Crippen LogP contribution in [0, 0.1) is 11.8 Å². The summed E-state index contributed by atoms with van der Waals surface area (Å²) in [5.74, 6) is 0.500. The van der Waals surface area contributed by atoms with E-state index in [1.165, 1.54) is 23.3 Å². The van der Waals surface area contributed by atoms with E-state index in [4.69, 9.17) is 0 Å². The summed E-state index contributed by atoms with van der Waals surface area (Å²) >= 11 is 0. The second kappa shape index (κ2) is 8.07. The van der Waals surface area contributed by atoms with Gasteiger partial charge in [0.1, 0.15) is 17.8 Å². The first kappa shape index (κ1) is 21.8. The van der Waals surface area contributed by atoms with Gasteiger partial charge in [-0.1, -0.05) is 0 Å². The monoisotopic (exact) mass is 468 g/mol. The first-order chi connectivity index (χ1) is 15.7. The molecule has 3 unspecified atom stereocenters. The predicted octanol–water partition coefficient (Wildman–Crippen LogP) is 3.75. The highest BCUT2D eigenvalue weighted by molar-refractivity contribution is 5.72. The molecule has 0 N–H and O–H groups in total. The van der Waals surface area contributed by atoms with Gasteiger partial charge in [-0.15, -0.1) is 0 Å². The van der Waals surface area contributed by atoms with Crippen LogP contribution < -0.4 is 10.5 Å². The molecular formula is C21H21F5N6O. The van der Waals surface area contributed by atoms with Crippen LogP contribution in [0.25, 0.3) is 11.0 Å². The smallest absolute Gasteiger partial charge is 0.371 e. The molecule has 1 saturated carbocycles. The minimum Gasteiger partial charge on any atom is -0.371 e. The number of pyridine rings is 1. The van der Waals surface area contributed by atoms with Crippen molar-refractivity contribution in [3.05, 3.63) is 46.9 Å². The van der Waals surface area contributed by atoms with E-state index in [-0.39, 0.29) is 23.0 Å². The van der Waals surface area contributed by atoms with Crippen LogP contribution in [0.2, 0.25) is 0 Å². The lowest BCUT2D eigenvalue weighted by molar-refractivity contribution is -0.141. The molecule has 1 aliphatic heterocycles. The topological polar surface area (TPSA) is 68.8 Å². The Morgan fingerprint density at radius 2 is 1.91 bits per heavy atom. The number of alkyl halides is 5. The highest BCUT2D eigenvalue weighted by atomic mass is 19.4. The maximum absolute atomic E-state index is 13.1. The van der Waals surface area contributed by atoms with Crippen molar-refractivity contribution in [1.29, 1.82) is 0 Å². The lowest BCUT2D eigenvalue weighted by atomic mass is 9.79. The average molecular weight is 468 g/mol. The summed E-state index contributed by atoms with van der Waals surface area (Å²) in [6.45, 7) is 0.545. The Hall–Kier alpha value is -3.05. The van der Waals surface area contributed by atoms with E-state index in [0.717, 1.165) is 17.2 Å². The molecule has 3 aromatic rings. The van der Waals surface area contributed by atoms with Crippen molar-refractivity contribution < 1.29 is 22.0 Å². The number of hydrogen-bond acceptors (Lipinski definition) is 5. The SMILES string of the molecule is O=c1c2c(cnn2CC(F)F)ncn1C1CCC2CN(c3ccnc(C(F)(F)F)c3)CC2C1. The molecule has 33 heavy (non-hydrogen) atoms. The fourth-order valence-corrected chi connectivity index (χ4v) is 5.16. The van der Waals surface area contributed by atoms with Gasteiger partial charge in [-0.3, -0.25) is 19.0 Å². The van der Waals surface area contributed by atoms with Crippen LogP contribution in [0.4, 0.5) is 27.6 Å². The van der Waals surface area contributed by atoms with E-state index in [2.05, 4.69) is 15.1 Å². The molecule has 0 amide bonds. The van der Waals surface area contributed by atoms with Crippen LogP contribution in [0.1, 0.15) is 31.0 Å². The van der Waals surface area contributed by atoms with E-state index in [1.807, 2.05) is 4.90 Å². The summed E-state index contributed by atoms with van der Waals surface area (Å²) in [5.41, 5.74) is -0.501. The molecular weight excluding hydrogens is 447 g/mol. The van der Waals surface area contributed by atoms with Crippen LogP contribution in [-0.4, -0.2) is 43.8 Å². The molecule has 3 atom stereocenters. The maximum atomic E-state index is 13.1. The second-order valence-corrected chi connectivity index (χ2v) is 8.70. The highest BCUT2D eigenvalue weighted by Gasteiger charge is 2.40. The van der Waals surface area contributed by atoms with Gasteiger partial charge in [0.25, 0.3) is 12.0 Å². The van der Waals surface area contributed by atoms with Gasteiger partial charge in [0.15, 0.2) is 5.52 Å². The largest absolute Gasteiger partial charge is 0.433 e. The fraction of sp³-hybridized carbons (Fsp3) is 0.524. The zero-order valence-electron chi connectivity index (χ0n) is 17.4. The molecule has 2 fully saturated rings. The highest BCUT2D eigenvalue weighted by Crippen LogP contribution is 2.42. The van der Waals surface area contributed by atoms with Crippen LogP contribution in [-0.2, 0) is 12.7 Å². The van der Waals surface area contributed by atoms with Crippen LogP contribution in [0.15, 0.2) is 35.6 Å². The minimum absolute atomic E-state index is 0.0597. The van der Waals surface area contributed by atoms with E-state index >= 15 is 0 Å². The normalized spacial score (nSPS) is 23.5. The number of halogens is 5. The molecule has 4 heterocycles. The zero-order valence-corrected chi connectivity index (χ0v) is 17.4. The average Bonchev–Trinajstić information content (AvgIpc) is 3.37. The first-order valence-electron chi connectivity index (χ1n) is 10.7. The van der Waals surface area contributed by atoms with E-state index in [0.29, 0.717) is 37.5 Å². The molecule has 5 rings (SSSR count). The summed E-state index contributed by atoms with van der Waals surface area (Å²) in [6.07, 6.45) is -1.06. The lowest BCUT2D eigenvalue weighted by Crippen LogP contribution is -2.32. The fourth-order valence-electron chi connectivity index (χ4n) is 5.16. The van der Waals surface area contributed by atoms with Gasteiger partial charge in [-0.05, 0) is 43.2 Å². The molecule has 7 nitrogen and oxygen atoms in total. The van der Waals surface area contributed by atoms with Crippen LogP contribution >= 0.6 is 0 Å². The minimum atomic E-state index is -4.50. The Morgan fingerprint density at radius 1 is 1.12 bits per heavy atom. The molecule has 0 spiro atoms. The summed E-state index contributed by atoms with van der Waals surface area (Å²) in [7, 11) is 0. The van der Waals surface area contributed by atoms with Gasteiger partial charge in [-0.25, -0.2) is 13.8 Å². The third-order valence-corrected chi connectivity index (χ3v) is 6.70. The molecule has 3 aromatic heterocycles. The maximum Gasteiger partial charge on any atom is 0.433 e. The van der Waals surface area contributed by atoms with Gasteiger partial charge >= 0.3 is 6.18 Å². The molecule has 176 valence electrons. The number of rotatable bonds is 4. The Morgan fingerprint density at radius 3 is 2.67 bits per heavy atom. The Balaban J connectivity index is 1.36. The molecule has 0 bridgehead atoms. The summed E-state index contributed by atoms with van der Waals surface area (Å²) in [5, 5.41) is 3.87. The number of nitrogens with zero attached hydrogens (tertiary/aromatic N) is 6. The molecule has 1 saturated heterocycles. The van der Waals surface area contributed by atoms with Gasteiger partial charge in [0, 0.05) is 31.0 Å². The van der Waals surface area contributed by atoms with E-state index in [1.54, 1.807) is 6.07 Å². The quantitative estimate of drug-likeness (QED) is 0.546. The van der Waals surface area contributed by atoms with Crippen molar-refractivity contribution in [2.45, 2.75) is 44.5 Å². The number of aromatic nitrogens is 5. The van der Waals surface area contributed by atoms with E-state index < -0.39 is 30.4 Å². The van der Waals surface area contributed by atoms with Crippen molar-refractivity contribution in [3.8, 4) is 0 Å². The molecule has 0 radical (unpaired) electrons. The Labute approximate surface area is 184 Å². The summed E-state index contributed by atoms with van der Waals surface area (Å²) in [4.78, 5) is 22.7. The van der Waals surface area contributed by atoms with Gasteiger partial charge < -0.3 is 4.90 Å². The third-order valence-electron chi connectivity index (χ3n) is 6.70. The summed E-state index contributed by atoms with van der Waals surface area (Å²) in [6, 6.07) is 2.49.